The summed E-state index contributed by atoms with van der Waals surface area (Å²) in [6.07, 6.45) is 4.33. The molecule has 1 saturated carbocycles. The van der Waals surface area contributed by atoms with Gasteiger partial charge in [0, 0.05) is 12.6 Å². The van der Waals surface area contributed by atoms with Crippen LogP contribution in [0.25, 0.3) is 0 Å². The van der Waals surface area contributed by atoms with Gasteiger partial charge in [0.15, 0.2) is 0 Å². The summed E-state index contributed by atoms with van der Waals surface area (Å²) < 4.78 is 0. The van der Waals surface area contributed by atoms with E-state index in [1.165, 1.54) is 25.8 Å². The minimum absolute atomic E-state index is 0.576. The molecule has 0 spiro atoms. The molecular weight excluding hydrogens is 122 g/mol. The van der Waals surface area contributed by atoms with Crippen molar-refractivity contribution >= 4 is 0 Å². The number of hydrogen-bond acceptors (Lipinski definition) is 1. The van der Waals surface area contributed by atoms with E-state index in [9.17, 15) is 0 Å². The number of rotatable bonds is 0. The third-order valence-electron chi connectivity index (χ3n) is 3.38. The number of fused-ring (bicyclic) bond motifs is 2. The highest BCUT2D eigenvalue weighted by molar-refractivity contribution is 4.95. The van der Waals surface area contributed by atoms with E-state index in [4.69, 9.17) is 0 Å². The molecule has 1 heterocycles. The van der Waals surface area contributed by atoms with E-state index >= 15 is 0 Å². The summed E-state index contributed by atoms with van der Waals surface area (Å²) in [6, 6.07) is 0.873. The Hall–Kier alpha value is -0.0400. The van der Waals surface area contributed by atoms with Crippen molar-refractivity contribution in [2.75, 3.05) is 6.54 Å². The average Bonchev–Trinajstić information content (AvgIpc) is 2.26. The van der Waals surface area contributed by atoms with E-state index in [2.05, 4.69) is 19.2 Å². The highest BCUT2D eigenvalue weighted by Crippen LogP contribution is 2.42. The zero-order chi connectivity index (χ0) is 7.19. The van der Waals surface area contributed by atoms with Crippen LogP contribution < -0.4 is 5.32 Å². The Bertz CT molecular complexity index is 140. The smallest absolute Gasteiger partial charge is 0.00702 e. The Labute approximate surface area is 63.2 Å². The predicted molar refractivity (Wildman–Crippen MR) is 42.9 cm³/mol. The number of hydrogen-bond donors (Lipinski definition) is 1. The maximum Gasteiger partial charge on any atom is 0.00702 e. The first kappa shape index (κ1) is 6.66. The summed E-state index contributed by atoms with van der Waals surface area (Å²) in [7, 11) is 0. The van der Waals surface area contributed by atoms with Crippen molar-refractivity contribution < 1.29 is 0 Å². The van der Waals surface area contributed by atoms with Gasteiger partial charge in [0.2, 0.25) is 0 Å². The molecule has 2 bridgehead atoms. The van der Waals surface area contributed by atoms with Crippen LogP contribution in [0.5, 0.6) is 0 Å². The molecule has 0 amide bonds. The van der Waals surface area contributed by atoms with Gasteiger partial charge in [0.25, 0.3) is 0 Å². The first-order valence-corrected chi connectivity index (χ1v) is 4.42. The van der Waals surface area contributed by atoms with Gasteiger partial charge in [-0.15, -0.1) is 0 Å². The quantitative estimate of drug-likeness (QED) is 0.539. The Balaban J connectivity index is 2.14. The summed E-state index contributed by atoms with van der Waals surface area (Å²) in [6.45, 7) is 6.03. The van der Waals surface area contributed by atoms with Crippen LogP contribution in [0.15, 0.2) is 0 Å². The molecular formula is C9H17N. The molecule has 2 rings (SSSR count). The lowest BCUT2D eigenvalue weighted by atomic mass is 9.76. The van der Waals surface area contributed by atoms with Gasteiger partial charge in [0.05, 0.1) is 0 Å². The largest absolute Gasteiger partial charge is 0.313 e. The molecule has 0 radical (unpaired) electrons. The van der Waals surface area contributed by atoms with Crippen molar-refractivity contribution in [3.8, 4) is 0 Å². The minimum Gasteiger partial charge on any atom is -0.313 e. The standard InChI is InChI=1S/C9H17N/c1-9(2)6-10-8-4-3-7(9)5-8/h7-8,10H,3-6H2,1-2H3. The van der Waals surface area contributed by atoms with Crippen LogP contribution in [0.3, 0.4) is 0 Å². The minimum atomic E-state index is 0.576. The van der Waals surface area contributed by atoms with Gasteiger partial charge in [-0.25, -0.2) is 0 Å². The topological polar surface area (TPSA) is 12.0 Å². The summed E-state index contributed by atoms with van der Waals surface area (Å²) >= 11 is 0. The number of nitrogens with one attached hydrogen (secondary N) is 1. The van der Waals surface area contributed by atoms with Crippen LogP contribution in [0.4, 0.5) is 0 Å². The Morgan fingerprint density at radius 3 is 2.80 bits per heavy atom. The highest BCUT2D eigenvalue weighted by atomic mass is 15.0. The Morgan fingerprint density at radius 2 is 2.10 bits per heavy atom. The third kappa shape index (κ3) is 0.878. The molecule has 2 unspecified atom stereocenters. The first-order chi connectivity index (χ1) is 4.68. The summed E-state index contributed by atoms with van der Waals surface area (Å²) in [5.74, 6) is 1.01. The van der Waals surface area contributed by atoms with Crippen LogP contribution >= 0.6 is 0 Å². The van der Waals surface area contributed by atoms with E-state index < -0.39 is 0 Å². The molecule has 1 nitrogen and oxygen atoms in total. The molecule has 2 aliphatic rings. The maximum atomic E-state index is 3.60. The van der Waals surface area contributed by atoms with Crippen molar-refractivity contribution in [3.05, 3.63) is 0 Å². The zero-order valence-corrected chi connectivity index (χ0v) is 6.98. The summed E-state index contributed by atoms with van der Waals surface area (Å²) in [5.41, 5.74) is 0.576. The fourth-order valence-electron chi connectivity index (χ4n) is 2.43. The van der Waals surface area contributed by atoms with Crippen molar-refractivity contribution in [1.82, 2.24) is 5.32 Å². The average molecular weight is 139 g/mol. The fourth-order valence-corrected chi connectivity index (χ4v) is 2.43. The van der Waals surface area contributed by atoms with E-state index in [1.807, 2.05) is 0 Å². The molecule has 0 aromatic rings. The summed E-state index contributed by atoms with van der Waals surface area (Å²) in [4.78, 5) is 0. The van der Waals surface area contributed by atoms with Crippen molar-refractivity contribution in [1.29, 1.82) is 0 Å². The van der Waals surface area contributed by atoms with Crippen LogP contribution in [-0.4, -0.2) is 12.6 Å². The normalized spacial score (nSPS) is 43.8. The van der Waals surface area contributed by atoms with Crippen LogP contribution in [-0.2, 0) is 0 Å². The monoisotopic (exact) mass is 139 g/mol. The van der Waals surface area contributed by atoms with Crippen LogP contribution in [0.1, 0.15) is 33.1 Å². The van der Waals surface area contributed by atoms with Gasteiger partial charge in [-0.05, 0) is 30.6 Å². The lowest BCUT2D eigenvalue weighted by Crippen LogP contribution is -2.43. The molecule has 0 aromatic carbocycles. The van der Waals surface area contributed by atoms with Crippen LogP contribution in [0, 0.1) is 11.3 Å². The Kier molecular flexibility index (Phi) is 1.31. The SMILES string of the molecule is CC1(C)CNC2CCC1C2. The highest BCUT2D eigenvalue weighted by Gasteiger charge is 2.40. The molecule has 1 heteroatoms. The van der Waals surface area contributed by atoms with Gasteiger partial charge in [-0.3, -0.25) is 0 Å². The second kappa shape index (κ2) is 1.97. The molecule has 2 fully saturated rings. The zero-order valence-electron chi connectivity index (χ0n) is 6.98. The third-order valence-corrected chi connectivity index (χ3v) is 3.38. The van der Waals surface area contributed by atoms with E-state index in [0.717, 1.165) is 12.0 Å². The second-order valence-electron chi connectivity index (χ2n) is 4.58. The van der Waals surface area contributed by atoms with Gasteiger partial charge >= 0.3 is 0 Å². The first-order valence-electron chi connectivity index (χ1n) is 4.42. The van der Waals surface area contributed by atoms with Crippen molar-refractivity contribution in [2.24, 2.45) is 11.3 Å². The van der Waals surface area contributed by atoms with Gasteiger partial charge < -0.3 is 5.32 Å². The number of piperidine rings is 1. The molecule has 10 heavy (non-hydrogen) atoms. The molecule has 1 aliphatic carbocycles. The maximum absolute atomic E-state index is 3.60. The van der Waals surface area contributed by atoms with Gasteiger partial charge in [-0.1, -0.05) is 13.8 Å². The van der Waals surface area contributed by atoms with E-state index in [1.54, 1.807) is 0 Å². The molecule has 1 N–H and O–H groups in total. The second-order valence-corrected chi connectivity index (χ2v) is 4.58. The van der Waals surface area contributed by atoms with Gasteiger partial charge in [0.1, 0.15) is 0 Å². The molecule has 58 valence electrons. The molecule has 1 aliphatic heterocycles. The van der Waals surface area contributed by atoms with E-state index in [-0.39, 0.29) is 0 Å². The predicted octanol–water partition coefficient (Wildman–Crippen LogP) is 1.78. The van der Waals surface area contributed by atoms with Crippen molar-refractivity contribution in [2.45, 2.75) is 39.2 Å². The van der Waals surface area contributed by atoms with Crippen LogP contribution in [0.2, 0.25) is 0 Å². The lowest BCUT2D eigenvalue weighted by molar-refractivity contribution is 0.171. The lowest BCUT2D eigenvalue weighted by Gasteiger charge is -2.36. The molecule has 1 saturated heterocycles. The summed E-state index contributed by atoms with van der Waals surface area (Å²) in [5, 5.41) is 3.60. The molecule has 0 aromatic heterocycles. The Morgan fingerprint density at radius 1 is 1.30 bits per heavy atom. The van der Waals surface area contributed by atoms with E-state index in [0.29, 0.717) is 5.41 Å². The van der Waals surface area contributed by atoms with Gasteiger partial charge in [-0.2, -0.15) is 0 Å². The fraction of sp³-hybridized carbons (Fsp3) is 1.00. The van der Waals surface area contributed by atoms with Crippen molar-refractivity contribution in [3.63, 3.8) is 0 Å². The molecule has 2 atom stereocenters.